The van der Waals surface area contributed by atoms with Crippen LogP contribution in [0.1, 0.15) is 19.8 Å². The summed E-state index contributed by atoms with van der Waals surface area (Å²) >= 11 is 1.13. The van der Waals surface area contributed by atoms with Crippen molar-refractivity contribution in [3.63, 3.8) is 0 Å². The Morgan fingerprint density at radius 1 is 1.77 bits per heavy atom. The third-order valence-corrected chi connectivity index (χ3v) is 2.86. The molecule has 1 aromatic rings. The maximum atomic E-state index is 11.2. The molecular weight excluding hydrogens is 188 g/mol. The van der Waals surface area contributed by atoms with Crippen LogP contribution in [0.25, 0.3) is 0 Å². The fourth-order valence-electron chi connectivity index (χ4n) is 1.57. The van der Waals surface area contributed by atoms with Crippen molar-refractivity contribution in [3.8, 4) is 0 Å². The Morgan fingerprint density at radius 3 is 3.15 bits per heavy atom. The second kappa shape index (κ2) is 3.59. The second-order valence-electron chi connectivity index (χ2n) is 3.33. The van der Waals surface area contributed by atoms with E-state index in [0.29, 0.717) is 12.6 Å². The molecule has 0 spiro atoms. The molecule has 0 bridgehead atoms. The lowest BCUT2D eigenvalue weighted by atomic mass is 10.2. The van der Waals surface area contributed by atoms with Crippen LogP contribution in [0.15, 0.2) is 10.3 Å². The van der Waals surface area contributed by atoms with Crippen LogP contribution in [0, 0.1) is 0 Å². The van der Waals surface area contributed by atoms with E-state index in [1.54, 1.807) is 5.51 Å². The van der Waals surface area contributed by atoms with Gasteiger partial charge in [0.05, 0.1) is 18.8 Å². The highest BCUT2D eigenvalue weighted by Gasteiger charge is 2.22. The largest absolute Gasteiger partial charge is 0.373 e. The molecule has 4 nitrogen and oxygen atoms in total. The first-order valence-electron chi connectivity index (χ1n) is 4.42. The topological polar surface area (TPSA) is 44.1 Å². The number of nitrogens with zero attached hydrogens (tertiary/aromatic N) is 2. The Bertz CT molecular complexity index is 333. The molecule has 0 aliphatic carbocycles. The molecule has 1 aliphatic heterocycles. The van der Waals surface area contributed by atoms with Crippen LogP contribution in [-0.4, -0.2) is 22.0 Å². The predicted octanol–water partition coefficient (Wildman–Crippen LogP) is 0.872. The van der Waals surface area contributed by atoms with Gasteiger partial charge >= 0.3 is 4.87 Å². The Kier molecular flexibility index (Phi) is 2.46. The van der Waals surface area contributed by atoms with Crippen LogP contribution < -0.4 is 4.87 Å². The van der Waals surface area contributed by atoms with Gasteiger partial charge in [-0.3, -0.25) is 4.79 Å². The van der Waals surface area contributed by atoms with Gasteiger partial charge in [0, 0.05) is 0 Å². The maximum Gasteiger partial charge on any atom is 0.324 e. The average molecular weight is 200 g/mol. The zero-order chi connectivity index (χ0) is 9.26. The Balaban J connectivity index is 1.99. The second-order valence-corrected chi connectivity index (χ2v) is 4.13. The molecule has 0 saturated carbocycles. The molecule has 0 amide bonds. The Hall–Kier alpha value is -0.680. The third-order valence-electron chi connectivity index (χ3n) is 2.25. The van der Waals surface area contributed by atoms with Gasteiger partial charge in [-0.05, 0) is 19.8 Å². The first-order chi connectivity index (χ1) is 6.25. The molecule has 5 heteroatoms. The van der Waals surface area contributed by atoms with Gasteiger partial charge in [-0.1, -0.05) is 11.3 Å². The smallest absolute Gasteiger partial charge is 0.324 e. The van der Waals surface area contributed by atoms with Crippen molar-refractivity contribution in [1.29, 1.82) is 0 Å². The zero-order valence-corrected chi connectivity index (χ0v) is 8.29. The molecule has 1 aliphatic rings. The summed E-state index contributed by atoms with van der Waals surface area (Å²) in [6.07, 6.45) is 2.63. The molecule has 13 heavy (non-hydrogen) atoms. The lowest BCUT2D eigenvalue weighted by Crippen LogP contribution is -2.24. The third kappa shape index (κ3) is 1.97. The van der Waals surface area contributed by atoms with E-state index in [9.17, 15) is 4.79 Å². The van der Waals surface area contributed by atoms with E-state index in [1.165, 1.54) is 4.68 Å². The average Bonchev–Trinajstić information content (AvgIpc) is 2.64. The molecule has 0 radical (unpaired) electrons. The van der Waals surface area contributed by atoms with Gasteiger partial charge in [0.1, 0.15) is 5.51 Å². The van der Waals surface area contributed by atoms with Gasteiger partial charge in [0.2, 0.25) is 0 Å². The number of hydrogen-bond acceptors (Lipinski definition) is 4. The minimum Gasteiger partial charge on any atom is -0.373 e. The van der Waals surface area contributed by atoms with Crippen molar-refractivity contribution in [2.24, 2.45) is 0 Å². The summed E-state index contributed by atoms with van der Waals surface area (Å²) in [6, 6.07) is 0. The van der Waals surface area contributed by atoms with Gasteiger partial charge in [-0.25, -0.2) is 4.68 Å². The number of hydrogen-bond donors (Lipinski definition) is 0. The van der Waals surface area contributed by atoms with Crippen LogP contribution in [0.4, 0.5) is 0 Å². The summed E-state index contributed by atoms with van der Waals surface area (Å²) < 4.78 is 7.07. The van der Waals surface area contributed by atoms with Gasteiger partial charge in [0.15, 0.2) is 0 Å². The number of rotatable bonds is 2. The minimum absolute atomic E-state index is 0.00292. The van der Waals surface area contributed by atoms with E-state index in [1.807, 2.05) is 0 Å². The van der Waals surface area contributed by atoms with Crippen molar-refractivity contribution in [1.82, 2.24) is 9.78 Å². The molecule has 2 rings (SSSR count). The van der Waals surface area contributed by atoms with Crippen molar-refractivity contribution in [2.75, 3.05) is 0 Å². The fourth-order valence-corrected chi connectivity index (χ4v) is 2.06. The maximum absolute atomic E-state index is 11.2. The molecule has 1 saturated heterocycles. The first-order valence-corrected chi connectivity index (χ1v) is 5.30. The lowest BCUT2D eigenvalue weighted by Gasteiger charge is -2.09. The normalized spacial score (nSPS) is 28.1. The first kappa shape index (κ1) is 8.90. The van der Waals surface area contributed by atoms with Crippen molar-refractivity contribution >= 4 is 11.3 Å². The number of ether oxygens (including phenoxy) is 1. The highest BCUT2D eigenvalue weighted by molar-refractivity contribution is 7.06. The predicted molar refractivity (Wildman–Crippen MR) is 49.9 cm³/mol. The molecule has 0 N–H and O–H groups in total. The summed E-state index contributed by atoms with van der Waals surface area (Å²) in [6.45, 7) is 2.66. The molecule has 2 heterocycles. The van der Waals surface area contributed by atoms with Crippen LogP contribution in [0.5, 0.6) is 0 Å². The monoisotopic (exact) mass is 200 g/mol. The summed E-state index contributed by atoms with van der Waals surface area (Å²) in [5, 5.41) is 3.95. The molecule has 2 atom stereocenters. The standard InChI is InChI=1S/C8H12N2O2S/c1-6-2-3-7(12-6)4-10-8(11)13-5-9-10/h5-7H,2-4H2,1H3. The quantitative estimate of drug-likeness (QED) is 0.711. The van der Waals surface area contributed by atoms with E-state index in [-0.39, 0.29) is 11.0 Å². The van der Waals surface area contributed by atoms with Gasteiger partial charge in [-0.15, -0.1) is 0 Å². The van der Waals surface area contributed by atoms with E-state index in [2.05, 4.69) is 12.0 Å². The lowest BCUT2D eigenvalue weighted by molar-refractivity contribution is 0.0432. The van der Waals surface area contributed by atoms with Crippen molar-refractivity contribution < 1.29 is 4.74 Å². The highest BCUT2D eigenvalue weighted by atomic mass is 32.1. The zero-order valence-electron chi connectivity index (χ0n) is 7.47. The van der Waals surface area contributed by atoms with E-state index >= 15 is 0 Å². The van der Waals surface area contributed by atoms with Crippen molar-refractivity contribution in [2.45, 2.75) is 38.5 Å². The van der Waals surface area contributed by atoms with Crippen LogP contribution in [0.2, 0.25) is 0 Å². The van der Waals surface area contributed by atoms with Crippen LogP contribution in [-0.2, 0) is 11.3 Å². The van der Waals surface area contributed by atoms with E-state index < -0.39 is 0 Å². The molecule has 1 aromatic heterocycles. The fraction of sp³-hybridized carbons (Fsp3) is 0.750. The van der Waals surface area contributed by atoms with Gasteiger partial charge in [0.25, 0.3) is 0 Å². The summed E-state index contributed by atoms with van der Waals surface area (Å²) in [5.74, 6) is 0. The molecule has 0 aromatic carbocycles. The molecule has 2 unspecified atom stereocenters. The van der Waals surface area contributed by atoms with Gasteiger partial charge < -0.3 is 4.74 Å². The van der Waals surface area contributed by atoms with Crippen LogP contribution >= 0.6 is 11.3 Å². The Morgan fingerprint density at radius 2 is 2.62 bits per heavy atom. The van der Waals surface area contributed by atoms with Crippen molar-refractivity contribution in [3.05, 3.63) is 15.2 Å². The highest BCUT2D eigenvalue weighted by Crippen LogP contribution is 2.19. The minimum atomic E-state index is 0.00292. The molecule has 72 valence electrons. The number of aromatic nitrogens is 2. The van der Waals surface area contributed by atoms with E-state index in [4.69, 9.17) is 4.74 Å². The Labute approximate surface area is 80.1 Å². The van der Waals surface area contributed by atoms with Crippen LogP contribution in [0.3, 0.4) is 0 Å². The van der Waals surface area contributed by atoms with E-state index in [0.717, 1.165) is 24.2 Å². The summed E-state index contributed by atoms with van der Waals surface area (Å²) in [4.78, 5) is 11.2. The van der Waals surface area contributed by atoms with Gasteiger partial charge in [-0.2, -0.15) is 5.10 Å². The summed E-state index contributed by atoms with van der Waals surface area (Å²) in [5.41, 5.74) is 1.57. The molecule has 1 fully saturated rings. The summed E-state index contributed by atoms with van der Waals surface area (Å²) in [7, 11) is 0. The molecular formula is C8H12N2O2S. The SMILES string of the molecule is CC1CCC(Cn2ncsc2=O)O1.